The van der Waals surface area contributed by atoms with Crippen molar-refractivity contribution in [1.82, 2.24) is 9.78 Å². The van der Waals surface area contributed by atoms with Crippen LogP contribution in [0, 0.1) is 18.3 Å². The van der Waals surface area contributed by atoms with Gasteiger partial charge in [0.25, 0.3) is 0 Å². The molecule has 0 fully saturated rings. The van der Waals surface area contributed by atoms with Crippen LogP contribution in [0.4, 0.5) is 0 Å². The van der Waals surface area contributed by atoms with Gasteiger partial charge < -0.3 is 4.74 Å². The van der Waals surface area contributed by atoms with E-state index in [1.807, 2.05) is 13.0 Å². The highest BCUT2D eigenvalue weighted by Crippen LogP contribution is 2.30. The van der Waals surface area contributed by atoms with Crippen LogP contribution < -0.4 is 4.74 Å². The average molecular weight is 262 g/mol. The third-order valence-corrected chi connectivity index (χ3v) is 2.90. The summed E-state index contributed by atoms with van der Waals surface area (Å²) in [6.45, 7) is 1.88. The van der Waals surface area contributed by atoms with Crippen molar-refractivity contribution >= 4 is 11.6 Å². The highest BCUT2D eigenvalue weighted by atomic mass is 35.5. The Hall–Kier alpha value is -1.99. The zero-order valence-electron chi connectivity index (χ0n) is 10.1. The smallest absolute Gasteiger partial charge is 0.222 e. The van der Waals surface area contributed by atoms with Crippen LogP contribution in [-0.2, 0) is 12.9 Å². The Bertz CT molecular complexity index is 613. The second-order valence-corrected chi connectivity index (χ2v) is 4.10. The van der Waals surface area contributed by atoms with Gasteiger partial charge in [0.2, 0.25) is 5.88 Å². The van der Waals surface area contributed by atoms with Gasteiger partial charge >= 0.3 is 0 Å². The Kier molecular flexibility index (Phi) is 3.54. The maximum absolute atomic E-state index is 9.02. The Balaban J connectivity index is 2.43. The summed E-state index contributed by atoms with van der Waals surface area (Å²) >= 11 is 5.89. The number of rotatable bonds is 3. The van der Waals surface area contributed by atoms with Gasteiger partial charge in [0, 0.05) is 7.05 Å². The van der Waals surface area contributed by atoms with Crippen LogP contribution in [-0.4, -0.2) is 9.78 Å². The number of alkyl halides is 1. The van der Waals surface area contributed by atoms with Crippen molar-refractivity contribution in [2.45, 2.75) is 12.8 Å². The minimum atomic E-state index is 0.323. The number of aryl methyl sites for hydroxylation is 2. The van der Waals surface area contributed by atoms with Crippen molar-refractivity contribution in [3.05, 3.63) is 41.1 Å². The first-order valence-corrected chi connectivity index (χ1v) is 5.96. The van der Waals surface area contributed by atoms with Crippen LogP contribution in [0.25, 0.3) is 0 Å². The molecule has 1 aromatic heterocycles. The molecule has 0 bridgehead atoms. The first-order chi connectivity index (χ1) is 8.67. The second kappa shape index (κ2) is 5.11. The maximum atomic E-state index is 9.02. The molecule has 5 heteroatoms. The van der Waals surface area contributed by atoms with Crippen molar-refractivity contribution in [2.24, 2.45) is 7.05 Å². The summed E-state index contributed by atoms with van der Waals surface area (Å²) in [6, 6.07) is 9.16. The summed E-state index contributed by atoms with van der Waals surface area (Å²) in [4.78, 5) is 0. The molecule has 0 unspecified atom stereocenters. The Morgan fingerprint density at radius 2 is 2.17 bits per heavy atom. The molecule has 2 aromatic rings. The van der Waals surface area contributed by atoms with Crippen molar-refractivity contribution in [3.63, 3.8) is 0 Å². The van der Waals surface area contributed by atoms with Gasteiger partial charge in [-0.15, -0.1) is 11.6 Å². The first-order valence-electron chi connectivity index (χ1n) is 5.42. The normalized spacial score (nSPS) is 10.1. The summed E-state index contributed by atoms with van der Waals surface area (Å²) in [6.07, 6.45) is 0. The Labute approximate surface area is 110 Å². The minimum Gasteiger partial charge on any atom is -0.438 e. The van der Waals surface area contributed by atoms with Gasteiger partial charge in [-0.2, -0.15) is 10.4 Å². The topological polar surface area (TPSA) is 50.8 Å². The van der Waals surface area contributed by atoms with Crippen LogP contribution in [0.1, 0.15) is 16.8 Å². The van der Waals surface area contributed by atoms with Gasteiger partial charge in [-0.05, 0) is 19.1 Å². The van der Waals surface area contributed by atoms with E-state index in [1.54, 1.807) is 29.9 Å². The predicted octanol–water partition coefficient (Wildman–Crippen LogP) is 3.13. The van der Waals surface area contributed by atoms with Gasteiger partial charge in [0.15, 0.2) is 0 Å². The SMILES string of the molecule is Cc1nn(C)c(Oc2ccccc2C#N)c1CCl. The monoisotopic (exact) mass is 261 g/mol. The summed E-state index contributed by atoms with van der Waals surface area (Å²) in [5.74, 6) is 1.41. The number of aromatic nitrogens is 2. The van der Waals surface area contributed by atoms with Crippen LogP contribution in [0.15, 0.2) is 24.3 Å². The highest BCUT2D eigenvalue weighted by Gasteiger charge is 2.15. The Morgan fingerprint density at radius 1 is 1.44 bits per heavy atom. The zero-order chi connectivity index (χ0) is 13.1. The fraction of sp³-hybridized carbons (Fsp3) is 0.231. The molecule has 0 N–H and O–H groups in total. The number of para-hydroxylation sites is 1. The van der Waals surface area contributed by atoms with E-state index in [4.69, 9.17) is 21.6 Å². The zero-order valence-corrected chi connectivity index (χ0v) is 10.9. The van der Waals surface area contributed by atoms with Gasteiger partial charge in [0.05, 0.1) is 22.7 Å². The van der Waals surface area contributed by atoms with E-state index in [0.717, 1.165) is 11.3 Å². The van der Waals surface area contributed by atoms with Crippen molar-refractivity contribution in [3.8, 4) is 17.7 Å². The molecule has 0 aliphatic rings. The summed E-state index contributed by atoms with van der Waals surface area (Å²) < 4.78 is 7.39. The van der Waals surface area contributed by atoms with E-state index >= 15 is 0 Å². The number of hydrogen-bond donors (Lipinski definition) is 0. The molecule has 18 heavy (non-hydrogen) atoms. The van der Waals surface area contributed by atoms with Crippen molar-refractivity contribution in [1.29, 1.82) is 5.26 Å². The standard InChI is InChI=1S/C13H12ClN3O/c1-9-11(7-14)13(17(2)16-9)18-12-6-4-3-5-10(12)8-15/h3-6H,7H2,1-2H3. The van der Waals surface area contributed by atoms with Gasteiger partial charge in [-0.25, -0.2) is 4.68 Å². The van der Waals surface area contributed by atoms with Gasteiger partial charge in [0.1, 0.15) is 11.8 Å². The molecule has 92 valence electrons. The molecule has 1 aromatic carbocycles. The lowest BCUT2D eigenvalue weighted by atomic mass is 10.2. The third kappa shape index (κ3) is 2.18. The van der Waals surface area contributed by atoms with E-state index in [1.165, 1.54) is 0 Å². The summed E-state index contributed by atoms with van der Waals surface area (Å²) in [7, 11) is 1.79. The molecule has 0 saturated heterocycles. The number of hydrogen-bond acceptors (Lipinski definition) is 3. The molecule has 0 radical (unpaired) electrons. The van der Waals surface area contributed by atoms with E-state index in [0.29, 0.717) is 23.1 Å². The van der Waals surface area contributed by atoms with Crippen molar-refractivity contribution in [2.75, 3.05) is 0 Å². The van der Waals surface area contributed by atoms with Crippen LogP contribution in [0.3, 0.4) is 0 Å². The van der Waals surface area contributed by atoms with Crippen LogP contribution in [0.2, 0.25) is 0 Å². The lowest BCUT2D eigenvalue weighted by molar-refractivity contribution is 0.426. The second-order valence-electron chi connectivity index (χ2n) is 3.84. The third-order valence-electron chi connectivity index (χ3n) is 2.64. The molecule has 0 atom stereocenters. The van der Waals surface area contributed by atoms with E-state index in [2.05, 4.69) is 11.2 Å². The average Bonchev–Trinajstić information content (AvgIpc) is 2.64. The fourth-order valence-electron chi connectivity index (χ4n) is 1.71. The van der Waals surface area contributed by atoms with E-state index in [-0.39, 0.29) is 0 Å². The lowest BCUT2D eigenvalue weighted by Crippen LogP contribution is -1.97. The molecule has 1 heterocycles. The number of nitrogens with zero attached hydrogens (tertiary/aromatic N) is 3. The quantitative estimate of drug-likeness (QED) is 0.798. The van der Waals surface area contributed by atoms with Crippen LogP contribution in [0.5, 0.6) is 11.6 Å². The highest BCUT2D eigenvalue weighted by molar-refractivity contribution is 6.17. The number of nitriles is 1. The minimum absolute atomic E-state index is 0.323. The van der Waals surface area contributed by atoms with Gasteiger partial charge in [-0.1, -0.05) is 12.1 Å². The Morgan fingerprint density at radius 3 is 2.83 bits per heavy atom. The number of benzene rings is 1. The summed E-state index contributed by atoms with van der Waals surface area (Å²) in [5.41, 5.74) is 2.15. The molecule has 0 amide bonds. The van der Waals surface area contributed by atoms with E-state index < -0.39 is 0 Å². The number of ether oxygens (including phenoxy) is 1. The van der Waals surface area contributed by atoms with Gasteiger partial charge in [-0.3, -0.25) is 0 Å². The predicted molar refractivity (Wildman–Crippen MR) is 68.7 cm³/mol. The molecule has 0 saturated carbocycles. The molecule has 2 rings (SSSR count). The molecule has 0 aliphatic heterocycles. The fourth-order valence-corrected chi connectivity index (χ4v) is 2.02. The molecule has 4 nitrogen and oxygen atoms in total. The summed E-state index contributed by atoms with van der Waals surface area (Å²) in [5, 5.41) is 13.3. The molecule has 0 aliphatic carbocycles. The van der Waals surface area contributed by atoms with E-state index in [9.17, 15) is 0 Å². The molecular formula is C13H12ClN3O. The lowest BCUT2D eigenvalue weighted by Gasteiger charge is -2.08. The first kappa shape index (κ1) is 12.5. The number of halogens is 1. The largest absolute Gasteiger partial charge is 0.438 e. The molecule has 0 spiro atoms. The van der Waals surface area contributed by atoms with Crippen LogP contribution >= 0.6 is 11.6 Å². The molecular weight excluding hydrogens is 250 g/mol. The van der Waals surface area contributed by atoms with Crippen molar-refractivity contribution < 1.29 is 4.74 Å². The maximum Gasteiger partial charge on any atom is 0.222 e.